The number of benzene rings is 2. The van der Waals surface area contributed by atoms with Crippen LogP contribution >= 0.6 is 23.1 Å². The third-order valence-corrected chi connectivity index (χ3v) is 6.24. The van der Waals surface area contributed by atoms with Crippen molar-refractivity contribution in [2.24, 2.45) is 0 Å². The first kappa shape index (κ1) is 21.1. The molecule has 2 heterocycles. The molecule has 0 unspecified atom stereocenters. The van der Waals surface area contributed by atoms with Crippen LogP contribution in [0.2, 0.25) is 0 Å². The quantitative estimate of drug-likeness (QED) is 0.387. The second kappa shape index (κ2) is 9.76. The lowest BCUT2D eigenvalue weighted by molar-refractivity contribution is -0.113. The van der Waals surface area contributed by atoms with Crippen LogP contribution < -0.4 is 10.1 Å². The molecule has 9 heteroatoms. The summed E-state index contributed by atoms with van der Waals surface area (Å²) in [5.74, 6) is 1.59. The summed E-state index contributed by atoms with van der Waals surface area (Å²) in [5.41, 5.74) is 2.79. The molecule has 2 aromatic carbocycles. The van der Waals surface area contributed by atoms with E-state index in [9.17, 15) is 4.79 Å². The number of anilines is 1. The fraction of sp³-hybridized carbons (Fsp3) is 0.182. The molecule has 0 aliphatic heterocycles. The van der Waals surface area contributed by atoms with E-state index in [-0.39, 0.29) is 11.7 Å². The van der Waals surface area contributed by atoms with Crippen molar-refractivity contribution in [3.05, 3.63) is 60.0 Å². The Morgan fingerprint density at radius 2 is 1.94 bits per heavy atom. The number of rotatable bonds is 8. The summed E-state index contributed by atoms with van der Waals surface area (Å²) >= 11 is 2.76. The molecule has 1 N–H and O–H groups in total. The average Bonchev–Trinajstić information content (AvgIpc) is 3.45. The SMILES string of the molecule is CCn1c(SCC(=O)Nc2nc(-c3ccccc3)cs2)nnc1-c1cccc(OC)c1. The van der Waals surface area contributed by atoms with Crippen LogP contribution in [-0.2, 0) is 11.3 Å². The second-order valence-corrected chi connectivity index (χ2v) is 8.32. The Hall–Kier alpha value is -3.17. The van der Waals surface area contributed by atoms with Crippen LogP contribution in [0.25, 0.3) is 22.6 Å². The predicted octanol–water partition coefficient (Wildman–Crippen LogP) is 4.83. The van der Waals surface area contributed by atoms with Crippen LogP contribution in [0.15, 0.2) is 65.1 Å². The van der Waals surface area contributed by atoms with Gasteiger partial charge in [-0.2, -0.15) is 0 Å². The summed E-state index contributed by atoms with van der Waals surface area (Å²) in [7, 11) is 1.63. The van der Waals surface area contributed by atoms with E-state index < -0.39 is 0 Å². The number of carbonyl (C=O) groups excluding carboxylic acids is 1. The van der Waals surface area contributed by atoms with Crippen LogP contribution in [-0.4, -0.2) is 38.5 Å². The Labute approximate surface area is 188 Å². The largest absolute Gasteiger partial charge is 0.497 e. The van der Waals surface area contributed by atoms with Crippen molar-refractivity contribution in [3.63, 3.8) is 0 Å². The number of methoxy groups -OCH3 is 1. The van der Waals surface area contributed by atoms with Crippen molar-refractivity contribution in [2.75, 3.05) is 18.2 Å². The minimum atomic E-state index is -0.132. The van der Waals surface area contributed by atoms with Gasteiger partial charge in [0.15, 0.2) is 16.1 Å². The van der Waals surface area contributed by atoms with Crippen molar-refractivity contribution >= 4 is 34.1 Å². The minimum absolute atomic E-state index is 0.132. The van der Waals surface area contributed by atoms with Gasteiger partial charge in [0.25, 0.3) is 0 Å². The molecular weight excluding hydrogens is 430 g/mol. The highest BCUT2D eigenvalue weighted by Gasteiger charge is 2.16. The first-order valence-corrected chi connectivity index (χ1v) is 11.6. The van der Waals surface area contributed by atoms with Gasteiger partial charge in [-0.25, -0.2) is 4.98 Å². The zero-order valence-corrected chi connectivity index (χ0v) is 18.7. The lowest BCUT2D eigenvalue weighted by Crippen LogP contribution is -2.14. The Balaban J connectivity index is 1.41. The van der Waals surface area contributed by atoms with E-state index in [1.807, 2.05) is 71.5 Å². The van der Waals surface area contributed by atoms with Gasteiger partial charge in [0.1, 0.15) is 5.75 Å². The Morgan fingerprint density at radius 3 is 2.71 bits per heavy atom. The number of hydrogen-bond donors (Lipinski definition) is 1. The Bertz CT molecular complexity index is 1170. The maximum Gasteiger partial charge on any atom is 0.236 e. The van der Waals surface area contributed by atoms with Gasteiger partial charge in [0, 0.05) is 23.1 Å². The van der Waals surface area contributed by atoms with Crippen LogP contribution in [0.4, 0.5) is 5.13 Å². The zero-order valence-electron chi connectivity index (χ0n) is 17.1. The van der Waals surface area contributed by atoms with Gasteiger partial charge >= 0.3 is 0 Å². The monoisotopic (exact) mass is 451 g/mol. The first-order valence-electron chi connectivity index (χ1n) is 9.69. The van der Waals surface area contributed by atoms with E-state index >= 15 is 0 Å². The molecule has 0 atom stereocenters. The Kier molecular flexibility index (Phi) is 6.63. The summed E-state index contributed by atoms with van der Waals surface area (Å²) in [5, 5.41) is 14.7. The van der Waals surface area contributed by atoms with Crippen molar-refractivity contribution in [3.8, 4) is 28.4 Å². The van der Waals surface area contributed by atoms with Gasteiger partial charge in [0.05, 0.1) is 18.6 Å². The summed E-state index contributed by atoms with van der Waals surface area (Å²) < 4.78 is 7.29. The number of nitrogens with one attached hydrogen (secondary N) is 1. The smallest absolute Gasteiger partial charge is 0.236 e. The molecule has 2 aromatic heterocycles. The fourth-order valence-electron chi connectivity index (χ4n) is 3.01. The van der Waals surface area contributed by atoms with Crippen molar-refractivity contribution in [1.29, 1.82) is 0 Å². The first-order chi connectivity index (χ1) is 15.2. The van der Waals surface area contributed by atoms with Crippen LogP contribution in [0, 0.1) is 0 Å². The molecule has 1 amide bonds. The van der Waals surface area contributed by atoms with E-state index in [2.05, 4.69) is 20.5 Å². The molecule has 0 aliphatic rings. The lowest BCUT2D eigenvalue weighted by Gasteiger charge is -2.08. The van der Waals surface area contributed by atoms with Gasteiger partial charge in [0.2, 0.25) is 5.91 Å². The number of amides is 1. The second-order valence-electron chi connectivity index (χ2n) is 6.52. The number of thiazole rings is 1. The number of thioether (sulfide) groups is 1. The predicted molar refractivity (Wildman–Crippen MR) is 125 cm³/mol. The van der Waals surface area contributed by atoms with Crippen molar-refractivity contribution in [1.82, 2.24) is 19.7 Å². The van der Waals surface area contributed by atoms with E-state index in [1.165, 1.54) is 23.1 Å². The number of ether oxygens (including phenoxy) is 1. The third-order valence-electron chi connectivity index (χ3n) is 4.51. The fourth-order valence-corrected chi connectivity index (χ4v) is 4.55. The zero-order chi connectivity index (χ0) is 21.6. The summed E-state index contributed by atoms with van der Waals surface area (Å²) in [4.78, 5) is 17.0. The van der Waals surface area contributed by atoms with E-state index in [0.717, 1.165) is 28.4 Å². The highest BCUT2D eigenvalue weighted by molar-refractivity contribution is 7.99. The summed E-state index contributed by atoms with van der Waals surface area (Å²) in [6.45, 7) is 2.72. The molecule has 0 bridgehead atoms. The van der Waals surface area contributed by atoms with Gasteiger partial charge in [-0.1, -0.05) is 54.2 Å². The highest BCUT2D eigenvalue weighted by atomic mass is 32.2. The van der Waals surface area contributed by atoms with Crippen LogP contribution in [0.3, 0.4) is 0 Å². The number of carbonyl (C=O) groups is 1. The molecule has 0 aliphatic carbocycles. The molecular formula is C22H21N5O2S2. The molecule has 158 valence electrons. The molecule has 0 radical (unpaired) electrons. The summed E-state index contributed by atoms with van der Waals surface area (Å²) in [6.07, 6.45) is 0. The van der Waals surface area contributed by atoms with Gasteiger partial charge in [-0.15, -0.1) is 21.5 Å². The number of aromatic nitrogens is 4. The molecule has 7 nitrogen and oxygen atoms in total. The van der Waals surface area contributed by atoms with Gasteiger partial charge in [-0.3, -0.25) is 4.79 Å². The molecule has 31 heavy (non-hydrogen) atoms. The minimum Gasteiger partial charge on any atom is -0.497 e. The number of hydrogen-bond acceptors (Lipinski definition) is 7. The molecule has 4 rings (SSSR count). The normalized spacial score (nSPS) is 10.8. The van der Waals surface area contributed by atoms with Crippen LogP contribution in [0.1, 0.15) is 6.92 Å². The van der Waals surface area contributed by atoms with Crippen molar-refractivity contribution < 1.29 is 9.53 Å². The Morgan fingerprint density at radius 1 is 1.13 bits per heavy atom. The topological polar surface area (TPSA) is 81.9 Å². The molecule has 0 fully saturated rings. The molecule has 0 saturated carbocycles. The maximum atomic E-state index is 12.5. The van der Waals surface area contributed by atoms with Gasteiger partial charge < -0.3 is 14.6 Å². The molecule has 0 spiro atoms. The van der Waals surface area contributed by atoms with E-state index in [0.29, 0.717) is 16.8 Å². The standard InChI is InChI=1S/C22H21N5O2S2/c1-3-27-20(16-10-7-11-17(12-16)29-2)25-26-22(27)31-14-19(28)24-21-23-18(13-30-21)15-8-5-4-6-9-15/h4-13H,3,14H2,1-2H3,(H,23,24,28). The number of nitrogens with zero attached hydrogens (tertiary/aromatic N) is 4. The maximum absolute atomic E-state index is 12.5. The average molecular weight is 452 g/mol. The van der Waals surface area contributed by atoms with Crippen LogP contribution in [0.5, 0.6) is 5.75 Å². The van der Waals surface area contributed by atoms with E-state index in [1.54, 1.807) is 7.11 Å². The van der Waals surface area contributed by atoms with Crippen molar-refractivity contribution in [2.45, 2.75) is 18.6 Å². The van der Waals surface area contributed by atoms with Gasteiger partial charge in [-0.05, 0) is 19.1 Å². The molecule has 0 saturated heterocycles. The summed E-state index contributed by atoms with van der Waals surface area (Å²) in [6, 6.07) is 17.6. The third kappa shape index (κ3) is 4.95. The van der Waals surface area contributed by atoms with E-state index in [4.69, 9.17) is 4.74 Å². The highest BCUT2D eigenvalue weighted by Crippen LogP contribution is 2.27. The lowest BCUT2D eigenvalue weighted by atomic mass is 10.2. The molecule has 4 aromatic rings.